The zero-order valence-corrected chi connectivity index (χ0v) is 16.4. The molecule has 8 N–H and O–H groups in total. The molecular formula is C18H25F2N3O8. The van der Waals surface area contributed by atoms with Crippen molar-refractivity contribution in [1.29, 1.82) is 0 Å². The van der Waals surface area contributed by atoms with E-state index < -0.39 is 66.4 Å². The summed E-state index contributed by atoms with van der Waals surface area (Å²) in [6, 6.07) is 2.63. The molecule has 0 aromatic heterocycles. The number of amides is 1. The highest BCUT2D eigenvalue weighted by atomic mass is 19.3. The van der Waals surface area contributed by atoms with Gasteiger partial charge < -0.3 is 46.3 Å². The summed E-state index contributed by atoms with van der Waals surface area (Å²) in [5, 5.41) is 43.8. The number of aliphatic hydroxyl groups is 3. The van der Waals surface area contributed by atoms with Crippen LogP contribution in [0.1, 0.15) is 18.4 Å². The largest absolute Gasteiger partial charge is 0.479 e. The summed E-state index contributed by atoms with van der Waals surface area (Å²) in [5.74, 6) is -2.61. The molecule has 1 aromatic carbocycles. The maximum Gasteiger partial charge on any atom is 0.335 e. The van der Waals surface area contributed by atoms with E-state index in [0.717, 1.165) is 12.1 Å². The van der Waals surface area contributed by atoms with Crippen molar-refractivity contribution in [2.45, 2.75) is 49.6 Å². The molecule has 0 aliphatic carbocycles. The van der Waals surface area contributed by atoms with Gasteiger partial charge in [-0.15, -0.1) is 0 Å². The summed E-state index contributed by atoms with van der Waals surface area (Å²) in [4.78, 5) is 23.4. The summed E-state index contributed by atoms with van der Waals surface area (Å²) in [6.07, 6.45) is -12.4. The minimum Gasteiger partial charge on any atom is -0.479 e. The first kappa shape index (κ1) is 24.8. The van der Waals surface area contributed by atoms with E-state index in [9.17, 15) is 33.7 Å². The first-order chi connectivity index (χ1) is 14.6. The molecule has 1 aromatic rings. The Morgan fingerprint density at radius 1 is 1.23 bits per heavy atom. The Morgan fingerprint density at radius 3 is 2.45 bits per heavy atom. The van der Waals surface area contributed by atoms with Gasteiger partial charge in [0, 0.05) is 5.69 Å². The van der Waals surface area contributed by atoms with Crippen molar-refractivity contribution in [3.8, 4) is 5.75 Å². The molecule has 1 fully saturated rings. The summed E-state index contributed by atoms with van der Waals surface area (Å²) in [5.41, 5.74) is 4.78. The van der Waals surface area contributed by atoms with E-state index in [1.165, 1.54) is 6.07 Å². The van der Waals surface area contributed by atoms with Crippen molar-refractivity contribution < 1.29 is 48.3 Å². The number of anilines is 1. The summed E-state index contributed by atoms with van der Waals surface area (Å²) in [6.45, 7) is 0.232. The van der Waals surface area contributed by atoms with Crippen LogP contribution in [0.25, 0.3) is 0 Å². The monoisotopic (exact) mass is 449 g/mol. The van der Waals surface area contributed by atoms with Gasteiger partial charge in [-0.25, -0.2) is 13.6 Å². The fourth-order valence-corrected chi connectivity index (χ4v) is 2.98. The number of alkyl halides is 2. The number of aliphatic hydroxyl groups excluding tert-OH is 3. The van der Waals surface area contributed by atoms with E-state index >= 15 is 0 Å². The van der Waals surface area contributed by atoms with Gasteiger partial charge >= 0.3 is 5.97 Å². The molecule has 0 bridgehead atoms. The number of nitrogens with two attached hydrogens (primary N) is 1. The van der Waals surface area contributed by atoms with Crippen LogP contribution in [-0.4, -0.2) is 82.6 Å². The van der Waals surface area contributed by atoms with Crippen molar-refractivity contribution in [3.63, 3.8) is 0 Å². The van der Waals surface area contributed by atoms with Crippen molar-refractivity contribution in [2.75, 3.05) is 18.9 Å². The number of carboxylic acid groups (broad SMARTS) is 1. The Hall–Kier alpha value is -2.42. The van der Waals surface area contributed by atoms with Gasteiger partial charge in [0.15, 0.2) is 6.10 Å². The zero-order chi connectivity index (χ0) is 23.3. The number of halogens is 2. The molecule has 0 radical (unpaired) electrons. The summed E-state index contributed by atoms with van der Waals surface area (Å²) in [7, 11) is 1.55. The fraction of sp³-hybridized carbons (Fsp3) is 0.556. The Kier molecular flexibility index (Phi) is 8.61. The third-order valence-corrected chi connectivity index (χ3v) is 4.69. The summed E-state index contributed by atoms with van der Waals surface area (Å²) >= 11 is 0. The van der Waals surface area contributed by atoms with Crippen molar-refractivity contribution in [1.82, 2.24) is 5.32 Å². The second-order valence-corrected chi connectivity index (χ2v) is 6.81. The molecule has 1 aliphatic heterocycles. The second kappa shape index (κ2) is 10.7. The van der Waals surface area contributed by atoms with Crippen molar-refractivity contribution in [2.24, 2.45) is 5.73 Å². The smallest absolute Gasteiger partial charge is 0.335 e. The fourth-order valence-electron chi connectivity index (χ4n) is 2.98. The van der Waals surface area contributed by atoms with E-state index in [1.54, 1.807) is 7.05 Å². The first-order valence-corrected chi connectivity index (χ1v) is 9.30. The quantitative estimate of drug-likeness (QED) is 0.241. The molecule has 6 unspecified atom stereocenters. The third-order valence-electron chi connectivity index (χ3n) is 4.69. The highest BCUT2D eigenvalue weighted by Gasteiger charge is 2.48. The number of carbonyl (C=O) groups excluding carboxylic acids is 1. The number of hydrogen-bond acceptors (Lipinski definition) is 9. The Balaban J connectivity index is 2.23. The molecule has 174 valence electrons. The highest BCUT2D eigenvalue weighted by Crippen LogP contribution is 2.34. The standard InChI is InChI=1S/C18H25F2N3O8/c1-22-9(4-5-21)16(27)23-7-2-3-10(8(6-7)15(19)20)30-18-13(26)11(24)12(25)14(31-18)17(28)29/h2-3,6,9,11-15,18,22,24-26H,4-5,21H2,1H3,(H,23,27)(H,28,29). The third kappa shape index (κ3) is 5.84. The maximum absolute atomic E-state index is 13.6. The maximum atomic E-state index is 13.6. The molecule has 6 atom stereocenters. The second-order valence-electron chi connectivity index (χ2n) is 6.81. The molecule has 0 spiro atoms. The van der Waals surface area contributed by atoms with Crippen LogP contribution in [0.5, 0.6) is 5.75 Å². The van der Waals surface area contributed by atoms with Crippen LogP contribution < -0.4 is 21.1 Å². The molecular weight excluding hydrogens is 424 g/mol. The van der Waals surface area contributed by atoms with Gasteiger partial charge in [0.25, 0.3) is 6.43 Å². The Morgan fingerprint density at radius 2 is 1.90 bits per heavy atom. The van der Waals surface area contributed by atoms with E-state index in [0.29, 0.717) is 6.42 Å². The SMILES string of the molecule is CNC(CCN)C(=O)Nc1ccc(OC2OC(C(=O)O)C(O)C(O)C2O)c(C(F)F)c1. The predicted molar refractivity (Wildman–Crippen MR) is 101 cm³/mol. The van der Waals surface area contributed by atoms with Crippen LogP contribution in [0.2, 0.25) is 0 Å². The lowest BCUT2D eigenvalue weighted by atomic mass is 9.99. The molecule has 13 heteroatoms. The normalized spacial score (nSPS) is 27.0. The number of aliphatic carboxylic acids is 1. The van der Waals surface area contributed by atoms with Crippen LogP contribution >= 0.6 is 0 Å². The van der Waals surface area contributed by atoms with Gasteiger partial charge in [0.2, 0.25) is 12.2 Å². The van der Waals surface area contributed by atoms with Gasteiger partial charge in [-0.05, 0) is 38.2 Å². The zero-order valence-electron chi connectivity index (χ0n) is 16.4. The number of carbonyl (C=O) groups is 2. The topological polar surface area (TPSA) is 184 Å². The summed E-state index contributed by atoms with van der Waals surface area (Å²) < 4.78 is 37.3. The number of carboxylic acids is 1. The first-order valence-electron chi connectivity index (χ1n) is 9.30. The van der Waals surface area contributed by atoms with E-state index in [1.807, 2.05) is 0 Å². The number of rotatable bonds is 9. The lowest BCUT2D eigenvalue weighted by Gasteiger charge is -2.38. The van der Waals surface area contributed by atoms with Gasteiger partial charge in [-0.2, -0.15) is 0 Å². The molecule has 31 heavy (non-hydrogen) atoms. The average Bonchev–Trinajstić information content (AvgIpc) is 2.72. The van der Waals surface area contributed by atoms with Crippen LogP contribution in [0, 0.1) is 0 Å². The van der Waals surface area contributed by atoms with Gasteiger partial charge in [0.1, 0.15) is 24.1 Å². The lowest BCUT2D eigenvalue weighted by Crippen LogP contribution is -2.61. The van der Waals surface area contributed by atoms with Gasteiger partial charge in [-0.3, -0.25) is 4.79 Å². The molecule has 1 amide bonds. The molecule has 1 heterocycles. The number of hydrogen-bond donors (Lipinski definition) is 7. The number of nitrogens with one attached hydrogen (secondary N) is 2. The van der Waals surface area contributed by atoms with Crippen LogP contribution in [-0.2, 0) is 14.3 Å². The highest BCUT2D eigenvalue weighted by molar-refractivity contribution is 5.95. The number of ether oxygens (including phenoxy) is 2. The predicted octanol–water partition coefficient (Wildman–Crippen LogP) is -1.23. The van der Waals surface area contributed by atoms with Crippen LogP contribution in [0.4, 0.5) is 14.5 Å². The Labute approximate surface area is 175 Å². The number of likely N-dealkylation sites (N-methyl/N-ethyl adjacent to an activating group) is 1. The lowest BCUT2D eigenvalue weighted by molar-refractivity contribution is -0.271. The molecule has 1 aliphatic rings. The van der Waals surface area contributed by atoms with E-state index in [4.69, 9.17) is 20.3 Å². The Bertz CT molecular complexity index is 784. The van der Waals surface area contributed by atoms with E-state index in [-0.39, 0.29) is 12.2 Å². The number of benzene rings is 1. The van der Waals surface area contributed by atoms with Gasteiger partial charge in [-0.1, -0.05) is 0 Å². The van der Waals surface area contributed by atoms with Gasteiger partial charge in [0.05, 0.1) is 11.6 Å². The minimum atomic E-state index is -3.07. The molecule has 1 saturated heterocycles. The molecule has 11 nitrogen and oxygen atoms in total. The van der Waals surface area contributed by atoms with Crippen molar-refractivity contribution in [3.05, 3.63) is 23.8 Å². The average molecular weight is 449 g/mol. The van der Waals surface area contributed by atoms with E-state index in [2.05, 4.69) is 10.6 Å². The van der Waals surface area contributed by atoms with Crippen LogP contribution in [0.15, 0.2) is 18.2 Å². The van der Waals surface area contributed by atoms with Crippen LogP contribution in [0.3, 0.4) is 0 Å². The van der Waals surface area contributed by atoms with Crippen molar-refractivity contribution >= 4 is 17.6 Å². The molecule has 2 rings (SSSR count). The minimum absolute atomic E-state index is 0.0360. The molecule has 0 saturated carbocycles.